The lowest BCUT2D eigenvalue weighted by Crippen LogP contribution is -2.53. The molecule has 1 N–H and O–H groups in total. The highest BCUT2D eigenvalue weighted by molar-refractivity contribution is 6.31. The quantitative estimate of drug-likeness (QED) is 0.460. The van der Waals surface area contributed by atoms with Gasteiger partial charge in [0.1, 0.15) is 0 Å². The first kappa shape index (κ1) is 27.4. The highest BCUT2D eigenvalue weighted by atomic mass is 35.5. The van der Waals surface area contributed by atoms with Crippen molar-refractivity contribution in [2.75, 3.05) is 39.7 Å². The topological polar surface area (TPSA) is 54.0 Å². The van der Waals surface area contributed by atoms with Gasteiger partial charge in [-0.3, -0.25) is 0 Å². The number of ether oxygens (including phenoxy) is 2. The molecule has 2 amide bonds. The van der Waals surface area contributed by atoms with E-state index in [0.717, 1.165) is 44.4 Å². The number of likely N-dealkylation sites (N-methyl/N-ethyl adjacent to an activating group) is 1. The van der Waals surface area contributed by atoms with Gasteiger partial charge in [0.25, 0.3) is 0 Å². The van der Waals surface area contributed by atoms with Crippen LogP contribution in [0.25, 0.3) is 0 Å². The molecule has 1 saturated heterocycles. The fraction of sp³-hybridized carbons (Fsp3) is 0.519. The van der Waals surface area contributed by atoms with Crippen LogP contribution in [-0.4, -0.2) is 62.3 Å². The van der Waals surface area contributed by atoms with Gasteiger partial charge in [-0.1, -0.05) is 17.7 Å². The van der Waals surface area contributed by atoms with E-state index in [1.165, 1.54) is 11.6 Å². The molecule has 1 aliphatic heterocycles. The van der Waals surface area contributed by atoms with Crippen LogP contribution in [0.3, 0.4) is 0 Å². The molecule has 37 heavy (non-hydrogen) atoms. The van der Waals surface area contributed by atoms with Crippen molar-refractivity contribution in [1.82, 2.24) is 9.80 Å². The molecule has 4 rings (SSSR count). The number of benzene rings is 2. The summed E-state index contributed by atoms with van der Waals surface area (Å²) in [4.78, 5) is 17.3. The molecule has 1 aliphatic carbocycles. The Balaban J connectivity index is 1.54. The van der Waals surface area contributed by atoms with Gasteiger partial charge >= 0.3 is 12.2 Å². The van der Waals surface area contributed by atoms with Gasteiger partial charge < -0.3 is 24.6 Å². The summed E-state index contributed by atoms with van der Waals surface area (Å²) in [6, 6.07) is 9.28. The molecule has 0 bridgehead atoms. The van der Waals surface area contributed by atoms with E-state index in [-0.39, 0.29) is 23.2 Å². The van der Waals surface area contributed by atoms with Crippen LogP contribution in [-0.2, 0) is 11.6 Å². The number of hydrogen-bond donors (Lipinski definition) is 1. The first-order valence-corrected chi connectivity index (χ1v) is 12.8. The molecule has 0 aromatic heterocycles. The van der Waals surface area contributed by atoms with Crippen molar-refractivity contribution in [3.63, 3.8) is 0 Å². The van der Waals surface area contributed by atoms with Crippen molar-refractivity contribution in [2.45, 2.75) is 56.3 Å². The number of nitrogens with one attached hydrogen (secondary N) is 1. The van der Waals surface area contributed by atoms with Crippen LogP contribution in [0, 0.1) is 0 Å². The minimum atomic E-state index is -4.60. The number of urea groups is 1. The third-order valence-corrected chi connectivity index (χ3v) is 8.35. The van der Waals surface area contributed by atoms with Gasteiger partial charge in [0.2, 0.25) is 0 Å². The predicted molar refractivity (Wildman–Crippen MR) is 138 cm³/mol. The molecule has 0 radical (unpaired) electrons. The lowest BCUT2D eigenvalue weighted by Gasteiger charge is -2.47. The van der Waals surface area contributed by atoms with Gasteiger partial charge in [-0.25, -0.2) is 4.79 Å². The summed E-state index contributed by atoms with van der Waals surface area (Å²) in [5.74, 6) is 1.38. The third kappa shape index (κ3) is 5.21. The first-order valence-electron chi connectivity index (χ1n) is 12.4. The number of methoxy groups -OCH3 is 2. The molecule has 2 aromatic rings. The van der Waals surface area contributed by atoms with Crippen LogP contribution in [0.15, 0.2) is 36.4 Å². The summed E-state index contributed by atoms with van der Waals surface area (Å²) in [6.45, 7) is 3.27. The largest absolute Gasteiger partial charge is 0.493 e. The van der Waals surface area contributed by atoms with Gasteiger partial charge in [0, 0.05) is 29.7 Å². The average molecular weight is 540 g/mol. The van der Waals surface area contributed by atoms with Crippen molar-refractivity contribution in [2.24, 2.45) is 0 Å². The van der Waals surface area contributed by atoms with Gasteiger partial charge in [0.05, 0.1) is 24.8 Å². The van der Waals surface area contributed by atoms with Gasteiger partial charge in [0.15, 0.2) is 11.5 Å². The number of nitrogens with zero attached hydrogens (tertiary/aromatic N) is 2. The summed E-state index contributed by atoms with van der Waals surface area (Å²) in [6.07, 6.45) is -1.17. The molecular weight excluding hydrogens is 507 g/mol. The van der Waals surface area contributed by atoms with E-state index in [0.29, 0.717) is 18.0 Å². The molecule has 0 unspecified atom stereocenters. The fourth-order valence-corrected chi connectivity index (χ4v) is 6.33. The molecule has 6 nitrogen and oxygen atoms in total. The Kier molecular flexibility index (Phi) is 7.85. The lowest BCUT2D eigenvalue weighted by atomic mass is 9.64. The summed E-state index contributed by atoms with van der Waals surface area (Å²) < 4.78 is 50.8. The van der Waals surface area contributed by atoms with Crippen molar-refractivity contribution in [3.8, 4) is 11.5 Å². The number of hydrogen-bond acceptors (Lipinski definition) is 4. The van der Waals surface area contributed by atoms with E-state index in [1.807, 2.05) is 13.0 Å². The van der Waals surface area contributed by atoms with E-state index in [9.17, 15) is 18.0 Å². The summed E-state index contributed by atoms with van der Waals surface area (Å²) in [7, 11) is 5.36. The Labute approximate surface area is 220 Å². The minimum Gasteiger partial charge on any atom is -0.493 e. The van der Waals surface area contributed by atoms with Crippen LogP contribution >= 0.6 is 11.6 Å². The van der Waals surface area contributed by atoms with E-state index in [2.05, 4.69) is 29.4 Å². The summed E-state index contributed by atoms with van der Waals surface area (Å²) >= 11 is 5.73. The van der Waals surface area contributed by atoms with Gasteiger partial charge in [-0.2, -0.15) is 13.2 Å². The third-order valence-electron chi connectivity index (χ3n) is 8.02. The maximum absolute atomic E-state index is 13.3. The molecule has 1 saturated carbocycles. The van der Waals surface area contributed by atoms with E-state index < -0.39 is 22.8 Å². The SMILES string of the molecule is CCN(C(=O)Nc1ccc(Cl)c(C(F)(F)F)c1)[C@H]1CC[C@@]2(c3ccc(OC)c(OC)c3)CCN(C)[C@@H]2C1. The fourth-order valence-electron chi connectivity index (χ4n) is 6.11. The number of rotatable bonds is 6. The molecule has 2 aliphatic rings. The highest BCUT2D eigenvalue weighted by Gasteiger charge is 2.51. The molecule has 1 heterocycles. The Morgan fingerprint density at radius 3 is 2.54 bits per heavy atom. The maximum atomic E-state index is 13.3. The predicted octanol–water partition coefficient (Wildman–Crippen LogP) is 6.42. The van der Waals surface area contributed by atoms with E-state index in [1.54, 1.807) is 19.1 Å². The number of amides is 2. The van der Waals surface area contributed by atoms with Gasteiger partial charge in [-0.15, -0.1) is 0 Å². The number of alkyl halides is 3. The number of likely N-dealkylation sites (tertiary alicyclic amines) is 1. The Morgan fingerprint density at radius 1 is 1.16 bits per heavy atom. The van der Waals surface area contributed by atoms with Crippen LogP contribution < -0.4 is 14.8 Å². The molecule has 2 aromatic carbocycles. The number of fused-ring (bicyclic) bond motifs is 1. The zero-order valence-corrected chi connectivity index (χ0v) is 22.2. The molecule has 0 spiro atoms. The number of halogens is 4. The van der Waals surface area contributed by atoms with Crippen molar-refractivity contribution < 1.29 is 27.4 Å². The first-order chi connectivity index (χ1) is 17.5. The Morgan fingerprint density at radius 2 is 1.89 bits per heavy atom. The lowest BCUT2D eigenvalue weighted by molar-refractivity contribution is -0.137. The molecule has 2 fully saturated rings. The second-order valence-corrected chi connectivity index (χ2v) is 10.2. The Hall–Kier alpha value is -2.65. The molecule has 202 valence electrons. The highest BCUT2D eigenvalue weighted by Crippen LogP contribution is 2.50. The zero-order chi connectivity index (χ0) is 27.0. The monoisotopic (exact) mass is 539 g/mol. The molecule has 10 heteroatoms. The number of carbonyl (C=O) groups is 1. The van der Waals surface area contributed by atoms with E-state index in [4.69, 9.17) is 21.1 Å². The van der Waals surface area contributed by atoms with Crippen LogP contribution in [0.2, 0.25) is 5.02 Å². The number of anilines is 1. The normalized spacial score (nSPS) is 23.9. The maximum Gasteiger partial charge on any atom is 0.417 e. The summed E-state index contributed by atoms with van der Waals surface area (Å²) in [5, 5.41) is 2.25. The van der Waals surface area contributed by atoms with E-state index >= 15 is 0 Å². The van der Waals surface area contributed by atoms with Crippen molar-refractivity contribution in [1.29, 1.82) is 0 Å². The van der Waals surface area contributed by atoms with Crippen LogP contribution in [0.5, 0.6) is 11.5 Å². The zero-order valence-electron chi connectivity index (χ0n) is 21.5. The second-order valence-electron chi connectivity index (χ2n) is 9.81. The van der Waals surface area contributed by atoms with Gasteiger partial charge in [-0.05, 0) is 82.1 Å². The smallest absolute Gasteiger partial charge is 0.417 e. The van der Waals surface area contributed by atoms with Crippen LogP contribution in [0.1, 0.15) is 43.7 Å². The summed E-state index contributed by atoms with van der Waals surface area (Å²) in [5.41, 5.74) is 0.221. The minimum absolute atomic E-state index is 0.0433. The molecular formula is C27H33ClF3N3O3. The standard InChI is InChI=1S/C27H33ClF3N3O3/c1-5-34(25(35)32-18-7-8-21(28)20(15-18)27(29,30)31)19-10-11-26(12-13-33(2)24(26)16-19)17-6-9-22(36-3)23(14-17)37-4/h6-9,14-15,19,24H,5,10-13,16H2,1-4H3,(H,32,35)/t19-,24+,26-/m0/s1. The molecule has 3 atom stereocenters. The van der Waals surface area contributed by atoms with Crippen molar-refractivity contribution in [3.05, 3.63) is 52.5 Å². The van der Waals surface area contributed by atoms with Crippen LogP contribution in [0.4, 0.5) is 23.7 Å². The average Bonchev–Trinajstić information content (AvgIpc) is 3.21. The second kappa shape index (κ2) is 10.6. The number of carbonyl (C=O) groups excluding carboxylic acids is 1. The Bertz CT molecular complexity index is 1150. The van der Waals surface area contributed by atoms with Crippen molar-refractivity contribution >= 4 is 23.3 Å².